The summed E-state index contributed by atoms with van der Waals surface area (Å²) in [6.45, 7) is 3.44. The fourth-order valence-electron chi connectivity index (χ4n) is 2.57. The van der Waals surface area contributed by atoms with Gasteiger partial charge in [-0.2, -0.15) is 5.26 Å². The van der Waals surface area contributed by atoms with Crippen molar-refractivity contribution in [2.75, 3.05) is 25.5 Å². The van der Waals surface area contributed by atoms with Crippen LogP contribution in [0.4, 0.5) is 10.5 Å². The number of carbonyl (C=O) groups is 1. The Hall–Kier alpha value is -2.06. The summed E-state index contributed by atoms with van der Waals surface area (Å²) in [5, 5.41) is 11.8. The van der Waals surface area contributed by atoms with Gasteiger partial charge in [0, 0.05) is 25.9 Å². The summed E-state index contributed by atoms with van der Waals surface area (Å²) < 4.78 is 5.58. The summed E-state index contributed by atoms with van der Waals surface area (Å²) in [5.74, 6) is 0. The van der Waals surface area contributed by atoms with E-state index in [-0.39, 0.29) is 6.03 Å². The van der Waals surface area contributed by atoms with Gasteiger partial charge in [-0.05, 0) is 50.3 Å². The maximum absolute atomic E-state index is 12.1. The summed E-state index contributed by atoms with van der Waals surface area (Å²) in [5.41, 5.74) is 2.14. The van der Waals surface area contributed by atoms with Crippen LogP contribution in [-0.4, -0.2) is 37.2 Å². The number of hydrogen-bond acceptors (Lipinski definition) is 3. The normalized spacial score (nSPS) is 17.0. The molecule has 1 aromatic rings. The third kappa shape index (κ3) is 4.47. The Morgan fingerprint density at radius 1 is 1.55 bits per heavy atom. The van der Waals surface area contributed by atoms with E-state index in [1.807, 2.05) is 19.1 Å². The van der Waals surface area contributed by atoms with Crippen molar-refractivity contribution < 1.29 is 9.53 Å². The molecule has 0 aliphatic carbocycles. The second kappa shape index (κ2) is 7.81. The lowest BCUT2D eigenvalue weighted by atomic mass is 10.1. The molecule has 5 heteroatoms. The van der Waals surface area contributed by atoms with Crippen molar-refractivity contribution in [3.05, 3.63) is 29.3 Å². The maximum Gasteiger partial charge on any atom is 0.321 e. The molecule has 1 fully saturated rings. The van der Waals surface area contributed by atoms with Crippen molar-refractivity contribution in [3.8, 4) is 6.07 Å². The Balaban J connectivity index is 1.79. The Kier molecular flexibility index (Phi) is 5.79. The van der Waals surface area contributed by atoms with Crippen LogP contribution in [0.2, 0.25) is 0 Å². The van der Waals surface area contributed by atoms with E-state index < -0.39 is 0 Å². The molecule has 22 heavy (non-hydrogen) atoms. The predicted octanol–water partition coefficient (Wildman–Crippen LogP) is 3.29. The van der Waals surface area contributed by atoms with E-state index in [2.05, 4.69) is 11.4 Å². The largest absolute Gasteiger partial charge is 0.378 e. The average molecular weight is 301 g/mol. The van der Waals surface area contributed by atoms with Crippen LogP contribution in [0.5, 0.6) is 0 Å². The molecule has 1 N–H and O–H groups in total. The molecule has 118 valence electrons. The Bertz CT molecular complexity index is 560. The minimum Gasteiger partial charge on any atom is -0.378 e. The quantitative estimate of drug-likeness (QED) is 0.907. The molecule has 1 aliphatic rings. The molecule has 1 atom stereocenters. The van der Waals surface area contributed by atoms with Gasteiger partial charge in [-0.1, -0.05) is 6.07 Å². The number of nitriles is 1. The molecular weight excluding hydrogens is 278 g/mol. The Morgan fingerprint density at radius 2 is 2.36 bits per heavy atom. The fourth-order valence-corrected chi connectivity index (χ4v) is 2.57. The monoisotopic (exact) mass is 301 g/mol. The van der Waals surface area contributed by atoms with E-state index in [1.165, 1.54) is 0 Å². The molecule has 0 saturated carbocycles. The topological polar surface area (TPSA) is 65.4 Å². The number of urea groups is 1. The van der Waals surface area contributed by atoms with Crippen molar-refractivity contribution in [2.24, 2.45) is 0 Å². The zero-order chi connectivity index (χ0) is 15.9. The van der Waals surface area contributed by atoms with E-state index in [4.69, 9.17) is 10.00 Å². The van der Waals surface area contributed by atoms with Gasteiger partial charge >= 0.3 is 6.03 Å². The summed E-state index contributed by atoms with van der Waals surface area (Å²) in [7, 11) is 1.78. The number of amides is 2. The number of hydrogen-bond donors (Lipinski definition) is 1. The van der Waals surface area contributed by atoms with Crippen molar-refractivity contribution in [1.29, 1.82) is 5.26 Å². The maximum atomic E-state index is 12.1. The van der Waals surface area contributed by atoms with Gasteiger partial charge in [0.1, 0.15) is 0 Å². The first-order valence-corrected chi connectivity index (χ1v) is 7.74. The summed E-state index contributed by atoms with van der Waals surface area (Å²) >= 11 is 0. The van der Waals surface area contributed by atoms with Gasteiger partial charge in [-0.25, -0.2) is 4.79 Å². The molecule has 0 unspecified atom stereocenters. The number of anilines is 1. The van der Waals surface area contributed by atoms with Crippen LogP contribution in [-0.2, 0) is 4.74 Å². The molecule has 1 saturated heterocycles. The van der Waals surface area contributed by atoms with Gasteiger partial charge in [0.05, 0.1) is 17.7 Å². The highest BCUT2D eigenvalue weighted by Gasteiger charge is 2.16. The van der Waals surface area contributed by atoms with Gasteiger partial charge in [0.15, 0.2) is 0 Å². The zero-order valence-electron chi connectivity index (χ0n) is 13.3. The molecule has 1 aliphatic heterocycles. The Morgan fingerprint density at radius 3 is 3.05 bits per heavy atom. The molecule has 0 aromatic heterocycles. The van der Waals surface area contributed by atoms with Gasteiger partial charge in [-0.15, -0.1) is 0 Å². The second-order valence-electron chi connectivity index (χ2n) is 5.77. The predicted molar refractivity (Wildman–Crippen MR) is 85.8 cm³/mol. The standard InChI is InChI=1S/C17H23N3O2/c1-13-7-8-15(11-14(13)12-18)19-17(21)20(2)9-3-5-16-6-4-10-22-16/h7-8,11,16H,3-6,9-10H2,1-2H3,(H,19,21)/t16-/m0/s1. The molecule has 1 aromatic carbocycles. The number of ether oxygens (including phenoxy) is 1. The van der Waals surface area contributed by atoms with Gasteiger partial charge < -0.3 is 15.0 Å². The van der Waals surface area contributed by atoms with Gasteiger partial charge in [0.25, 0.3) is 0 Å². The number of nitrogens with zero attached hydrogens (tertiary/aromatic N) is 2. The van der Waals surface area contributed by atoms with Crippen LogP contribution in [0, 0.1) is 18.3 Å². The second-order valence-corrected chi connectivity index (χ2v) is 5.77. The van der Waals surface area contributed by atoms with Crippen LogP contribution in [0.15, 0.2) is 18.2 Å². The molecule has 5 nitrogen and oxygen atoms in total. The lowest BCUT2D eigenvalue weighted by molar-refractivity contribution is 0.101. The molecule has 0 spiro atoms. The van der Waals surface area contributed by atoms with Crippen molar-refractivity contribution in [3.63, 3.8) is 0 Å². The minimum atomic E-state index is -0.153. The first-order chi connectivity index (χ1) is 10.6. The van der Waals surface area contributed by atoms with Crippen LogP contribution in [0.1, 0.15) is 36.8 Å². The highest BCUT2D eigenvalue weighted by molar-refractivity contribution is 5.89. The fraction of sp³-hybridized carbons (Fsp3) is 0.529. The Labute approximate surface area is 131 Å². The van der Waals surface area contributed by atoms with Crippen molar-refractivity contribution >= 4 is 11.7 Å². The SMILES string of the molecule is Cc1ccc(NC(=O)N(C)CCC[C@H]2CCCO2)cc1C#N. The number of nitrogens with one attached hydrogen (secondary N) is 1. The van der Waals surface area contributed by atoms with Crippen LogP contribution in [0.3, 0.4) is 0 Å². The third-order valence-corrected chi connectivity index (χ3v) is 4.00. The van der Waals surface area contributed by atoms with Crippen LogP contribution < -0.4 is 5.32 Å². The number of aryl methyl sites for hydroxylation is 1. The van der Waals surface area contributed by atoms with E-state index in [1.54, 1.807) is 18.0 Å². The van der Waals surface area contributed by atoms with E-state index in [0.717, 1.165) is 37.9 Å². The van der Waals surface area contributed by atoms with E-state index in [0.29, 0.717) is 23.9 Å². The first-order valence-electron chi connectivity index (χ1n) is 7.74. The molecule has 1 heterocycles. The average Bonchev–Trinajstić information content (AvgIpc) is 3.02. The van der Waals surface area contributed by atoms with Crippen LogP contribution >= 0.6 is 0 Å². The van der Waals surface area contributed by atoms with Crippen molar-refractivity contribution in [1.82, 2.24) is 4.90 Å². The third-order valence-electron chi connectivity index (χ3n) is 4.00. The molecule has 2 rings (SSSR count). The van der Waals surface area contributed by atoms with Crippen LogP contribution in [0.25, 0.3) is 0 Å². The molecular formula is C17H23N3O2. The number of benzene rings is 1. The molecule has 0 radical (unpaired) electrons. The summed E-state index contributed by atoms with van der Waals surface area (Å²) in [6, 6.07) is 7.33. The van der Waals surface area contributed by atoms with Gasteiger partial charge in [-0.3, -0.25) is 0 Å². The summed E-state index contributed by atoms with van der Waals surface area (Å²) in [4.78, 5) is 13.8. The highest BCUT2D eigenvalue weighted by Crippen LogP contribution is 2.17. The van der Waals surface area contributed by atoms with E-state index >= 15 is 0 Å². The molecule has 0 bridgehead atoms. The zero-order valence-corrected chi connectivity index (χ0v) is 13.3. The summed E-state index contributed by atoms with van der Waals surface area (Å²) in [6.07, 6.45) is 4.59. The van der Waals surface area contributed by atoms with Gasteiger partial charge in [0.2, 0.25) is 0 Å². The lowest BCUT2D eigenvalue weighted by Crippen LogP contribution is -2.32. The van der Waals surface area contributed by atoms with Crippen molar-refractivity contribution in [2.45, 2.75) is 38.7 Å². The van der Waals surface area contributed by atoms with E-state index in [9.17, 15) is 4.79 Å². The lowest BCUT2D eigenvalue weighted by Gasteiger charge is -2.19. The highest BCUT2D eigenvalue weighted by atomic mass is 16.5. The first kappa shape index (κ1) is 16.3. The number of rotatable bonds is 5. The molecule has 2 amide bonds. The minimum absolute atomic E-state index is 0.153. The number of carbonyl (C=O) groups excluding carboxylic acids is 1. The smallest absolute Gasteiger partial charge is 0.321 e.